The highest BCUT2D eigenvalue weighted by Crippen LogP contribution is 2.31. The van der Waals surface area contributed by atoms with Crippen LogP contribution in [-0.4, -0.2) is 60.7 Å². The Kier molecular flexibility index (Phi) is 7.14. The fourth-order valence-corrected chi connectivity index (χ4v) is 4.10. The predicted octanol–water partition coefficient (Wildman–Crippen LogP) is 2.88. The van der Waals surface area contributed by atoms with Gasteiger partial charge in [-0.05, 0) is 31.0 Å². The topological polar surface area (TPSA) is 78.0 Å². The maximum atomic E-state index is 15.1. The number of halogens is 2. The molecular formula is C23H27F2N5O3. The van der Waals surface area contributed by atoms with Crippen molar-refractivity contribution in [3.63, 3.8) is 0 Å². The van der Waals surface area contributed by atoms with E-state index in [9.17, 15) is 9.59 Å². The molecule has 0 saturated carbocycles. The molecule has 1 atom stereocenters. The number of ketones is 1. The van der Waals surface area contributed by atoms with Crippen molar-refractivity contribution in [2.75, 3.05) is 42.5 Å². The summed E-state index contributed by atoms with van der Waals surface area (Å²) in [4.78, 5) is 30.3. The fourth-order valence-electron chi connectivity index (χ4n) is 4.10. The Balaban J connectivity index is 1.43. The van der Waals surface area contributed by atoms with Crippen molar-refractivity contribution in [2.24, 2.45) is 0 Å². The van der Waals surface area contributed by atoms with Crippen LogP contribution in [0.15, 0.2) is 36.7 Å². The number of Topliss-reactive ketones (excluding diaryl/α,β-unsaturated/α-hetero) is 1. The molecule has 1 aromatic heterocycles. The van der Waals surface area contributed by atoms with E-state index < -0.39 is 23.8 Å². The van der Waals surface area contributed by atoms with E-state index in [1.54, 1.807) is 17.3 Å². The van der Waals surface area contributed by atoms with Crippen LogP contribution in [0.5, 0.6) is 0 Å². The summed E-state index contributed by atoms with van der Waals surface area (Å²) in [6.45, 7) is 4.24. The molecule has 4 rings (SSSR count). The number of benzene rings is 1. The van der Waals surface area contributed by atoms with E-state index in [-0.39, 0.29) is 30.1 Å². The average Bonchev–Trinajstić information content (AvgIpc) is 3.01. The van der Waals surface area contributed by atoms with Crippen molar-refractivity contribution >= 4 is 23.3 Å². The number of hydrogen-bond donors (Lipinski definition) is 1. The van der Waals surface area contributed by atoms with Crippen molar-refractivity contribution in [2.45, 2.75) is 32.4 Å². The highest BCUT2D eigenvalue weighted by molar-refractivity contribution is 5.90. The summed E-state index contributed by atoms with van der Waals surface area (Å²) < 4.78 is 35.4. The number of cyclic esters (lactones) is 1. The van der Waals surface area contributed by atoms with Crippen LogP contribution in [0, 0.1) is 11.6 Å². The number of hydrogen-bond acceptors (Lipinski definition) is 7. The lowest BCUT2D eigenvalue weighted by Crippen LogP contribution is -2.38. The van der Waals surface area contributed by atoms with Gasteiger partial charge in [-0.15, -0.1) is 0 Å². The van der Waals surface area contributed by atoms with Crippen LogP contribution in [0.4, 0.5) is 25.0 Å². The molecule has 0 aliphatic carbocycles. The highest BCUT2D eigenvalue weighted by atomic mass is 19.1. The first-order chi connectivity index (χ1) is 15.9. The molecule has 33 heavy (non-hydrogen) atoms. The summed E-state index contributed by atoms with van der Waals surface area (Å²) in [5, 5.41) is 2.01. The third kappa shape index (κ3) is 5.63. The molecule has 0 unspecified atom stereocenters. The molecule has 2 fully saturated rings. The van der Waals surface area contributed by atoms with E-state index in [0.717, 1.165) is 5.56 Å². The zero-order chi connectivity index (χ0) is 23.4. The van der Waals surface area contributed by atoms with Gasteiger partial charge in [0.2, 0.25) is 0 Å². The Morgan fingerprint density at radius 1 is 1.18 bits per heavy atom. The second kappa shape index (κ2) is 10.2. The molecule has 10 heteroatoms. The lowest BCUT2D eigenvalue weighted by molar-refractivity contribution is -0.117. The first-order valence-electron chi connectivity index (χ1n) is 11.0. The third-order valence-corrected chi connectivity index (χ3v) is 5.80. The van der Waals surface area contributed by atoms with Crippen molar-refractivity contribution < 1.29 is 23.1 Å². The van der Waals surface area contributed by atoms with Gasteiger partial charge in [0, 0.05) is 63.7 Å². The maximum absolute atomic E-state index is 15.1. The number of amides is 1. The Bertz CT molecular complexity index is 984. The largest absolute Gasteiger partial charge is 0.444 e. The second-order valence-corrected chi connectivity index (χ2v) is 8.29. The minimum absolute atomic E-state index is 0.00257. The van der Waals surface area contributed by atoms with Gasteiger partial charge in [0.1, 0.15) is 17.6 Å². The molecule has 2 aliphatic heterocycles. The molecule has 2 aromatic rings. The molecule has 1 N–H and O–H groups in total. The Morgan fingerprint density at radius 3 is 2.61 bits per heavy atom. The number of rotatable bonds is 7. The van der Waals surface area contributed by atoms with Gasteiger partial charge in [-0.25, -0.2) is 18.6 Å². The fraction of sp³-hybridized carbons (Fsp3) is 0.435. The SMILES string of the molecule is CC(=O)CC[C@H]1CN(c2cc(F)c(N3CCNN(Cc4ccncc4)CC3)c(F)c2)C(=O)O1. The lowest BCUT2D eigenvalue weighted by atomic mass is 10.1. The number of carbonyl (C=O) groups is 2. The molecule has 3 heterocycles. The third-order valence-electron chi connectivity index (χ3n) is 5.80. The van der Waals surface area contributed by atoms with Crippen molar-refractivity contribution in [1.82, 2.24) is 15.4 Å². The number of aromatic nitrogens is 1. The van der Waals surface area contributed by atoms with Gasteiger partial charge in [-0.2, -0.15) is 0 Å². The highest BCUT2D eigenvalue weighted by Gasteiger charge is 2.33. The molecule has 0 radical (unpaired) electrons. The molecule has 176 valence electrons. The lowest BCUT2D eigenvalue weighted by Gasteiger charge is -2.25. The smallest absolute Gasteiger partial charge is 0.414 e. The number of anilines is 2. The van der Waals surface area contributed by atoms with Crippen LogP contribution >= 0.6 is 0 Å². The maximum Gasteiger partial charge on any atom is 0.414 e. The quantitative estimate of drug-likeness (QED) is 0.682. The van der Waals surface area contributed by atoms with E-state index in [1.807, 2.05) is 17.1 Å². The van der Waals surface area contributed by atoms with Crippen molar-refractivity contribution in [3.8, 4) is 0 Å². The predicted molar refractivity (Wildman–Crippen MR) is 119 cm³/mol. The summed E-state index contributed by atoms with van der Waals surface area (Å²) in [6.07, 6.45) is 2.99. The number of pyridine rings is 1. The first kappa shape index (κ1) is 23.1. The zero-order valence-corrected chi connectivity index (χ0v) is 18.5. The molecule has 8 nitrogen and oxygen atoms in total. The zero-order valence-electron chi connectivity index (χ0n) is 18.5. The first-order valence-corrected chi connectivity index (χ1v) is 11.0. The number of carbonyl (C=O) groups excluding carboxylic acids is 2. The van der Waals surface area contributed by atoms with E-state index in [2.05, 4.69) is 10.4 Å². The molecular weight excluding hydrogens is 432 g/mol. The van der Waals surface area contributed by atoms with Crippen LogP contribution < -0.4 is 15.2 Å². The van der Waals surface area contributed by atoms with E-state index >= 15 is 8.78 Å². The second-order valence-electron chi connectivity index (χ2n) is 8.29. The van der Waals surface area contributed by atoms with E-state index in [0.29, 0.717) is 39.1 Å². The number of hydrazine groups is 1. The van der Waals surface area contributed by atoms with Crippen molar-refractivity contribution in [3.05, 3.63) is 53.9 Å². The van der Waals surface area contributed by atoms with Gasteiger partial charge >= 0.3 is 6.09 Å². The van der Waals surface area contributed by atoms with Crippen molar-refractivity contribution in [1.29, 1.82) is 0 Å². The Labute approximate surface area is 191 Å². The Morgan fingerprint density at radius 2 is 1.91 bits per heavy atom. The van der Waals surface area contributed by atoms with Gasteiger partial charge < -0.3 is 14.4 Å². The van der Waals surface area contributed by atoms with Crippen LogP contribution in [0.2, 0.25) is 0 Å². The Hall–Kier alpha value is -3.11. The minimum Gasteiger partial charge on any atom is -0.444 e. The normalized spacial score (nSPS) is 19.5. The molecule has 0 spiro atoms. The van der Waals surface area contributed by atoms with Gasteiger partial charge in [-0.1, -0.05) is 0 Å². The van der Waals surface area contributed by atoms with Crippen LogP contribution in [-0.2, 0) is 16.1 Å². The molecule has 1 aromatic carbocycles. The number of nitrogens with zero attached hydrogens (tertiary/aromatic N) is 4. The summed E-state index contributed by atoms with van der Waals surface area (Å²) in [5.41, 5.74) is 4.38. The van der Waals surface area contributed by atoms with Gasteiger partial charge in [0.15, 0.2) is 11.6 Å². The van der Waals surface area contributed by atoms with Gasteiger partial charge in [-0.3, -0.25) is 15.3 Å². The molecule has 0 bridgehead atoms. The van der Waals surface area contributed by atoms with Crippen LogP contribution in [0.3, 0.4) is 0 Å². The van der Waals surface area contributed by atoms with Gasteiger partial charge in [0.25, 0.3) is 0 Å². The average molecular weight is 459 g/mol. The van der Waals surface area contributed by atoms with Gasteiger partial charge in [0.05, 0.1) is 12.2 Å². The summed E-state index contributed by atoms with van der Waals surface area (Å²) in [5.74, 6) is -1.46. The van der Waals surface area contributed by atoms with Crippen LogP contribution in [0.1, 0.15) is 25.3 Å². The number of nitrogens with one attached hydrogen (secondary N) is 1. The number of ether oxygens (including phenoxy) is 1. The standard InChI is InChI=1S/C23H27F2N5O3/c1-16(31)2-3-19-15-30(23(32)33-19)18-12-20(24)22(21(25)13-18)28-9-8-27-29(11-10-28)14-17-4-6-26-7-5-17/h4-7,12-13,19,27H,2-3,8-11,14-15H2,1H3/t19-/m0/s1. The van der Waals surface area contributed by atoms with E-state index in [1.165, 1.54) is 24.0 Å². The summed E-state index contributed by atoms with van der Waals surface area (Å²) in [7, 11) is 0. The molecule has 2 saturated heterocycles. The minimum atomic E-state index is -0.729. The molecule has 2 aliphatic rings. The monoisotopic (exact) mass is 459 g/mol. The van der Waals surface area contributed by atoms with E-state index in [4.69, 9.17) is 4.74 Å². The molecule has 1 amide bonds. The summed E-state index contributed by atoms with van der Waals surface area (Å²) in [6, 6.07) is 6.19. The van der Waals surface area contributed by atoms with Crippen LogP contribution in [0.25, 0.3) is 0 Å². The summed E-state index contributed by atoms with van der Waals surface area (Å²) >= 11 is 0.